The number of carbonyl (C=O) groups is 1. The van der Waals surface area contributed by atoms with E-state index in [0.29, 0.717) is 20.6 Å². The van der Waals surface area contributed by atoms with Gasteiger partial charge in [0.05, 0.1) is 18.5 Å². The van der Waals surface area contributed by atoms with Crippen molar-refractivity contribution in [2.75, 3.05) is 13.6 Å². The maximum Gasteiger partial charge on any atom is 0.342 e. The van der Waals surface area contributed by atoms with Gasteiger partial charge < -0.3 is 14.7 Å². The number of rotatable bonds is 3. The summed E-state index contributed by atoms with van der Waals surface area (Å²) in [6.07, 6.45) is 2.34. The Morgan fingerprint density at radius 1 is 1.36 bits per heavy atom. The van der Waals surface area contributed by atoms with Crippen molar-refractivity contribution in [2.24, 2.45) is 4.99 Å². The highest BCUT2D eigenvalue weighted by Gasteiger charge is 2.31. The number of fused-ring (bicyclic) bond motifs is 1. The summed E-state index contributed by atoms with van der Waals surface area (Å²) in [7, 11) is 2.14. The number of hydrogen-bond donors (Lipinski definition) is 1. The Hall–Kier alpha value is -1.22. The second-order valence-electron chi connectivity index (χ2n) is 7.88. The molecule has 28 heavy (non-hydrogen) atoms. The molecule has 1 aliphatic heterocycles. The van der Waals surface area contributed by atoms with Gasteiger partial charge in [-0.05, 0) is 44.0 Å². The van der Waals surface area contributed by atoms with Gasteiger partial charge in [0.2, 0.25) is 0 Å². The number of nitrogens with zero attached hydrogens (tertiary/aromatic N) is 1. The van der Waals surface area contributed by atoms with Gasteiger partial charge in [-0.1, -0.05) is 37.6 Å². The fraction of sp³-hybridized carbons (Fsp3) is 0.400. The van der Waals surface area contributed by atoms with Crippen molar-refractivity contribution in [3.8, 4) is 5.75 Å². The Balaban J connectivity index is 2.04. The third-order valence-electron chi connectivity index (χ3n) is 4.30. The number of hydrogen-bond acceptors (Lipinski definition) is 5. The zero-order valence-corrected chi connectivity index (χ0v) is 20.2. The van der Waals surface area contributed by atoms with Crippen LogP contribution in [-0.4, -0.2) is 31.4 Å². The molecule has 0 saturated heterocycles. The molecule has 0 radical (unpaired) electrons. The van der Waals surface area contributed by atoms with Crippen molar-refractivity contribution in [1.82, 2.24) is 0 Å². The fourth-order valence-electron chi connectivity index (χ4n) is 3.04. The van der Waals surface area contributed by atoms with Crippen LogP contribution in [-0.2, 0) is 17.7 Å². The third-order valence-corrected chi connectivity index (χ3v) is 6.48. The molecule has 2 aromatic rings. The predicted octanol–water partition coefficient (Wildman–Crippen LogP) is 3.62. The molecule has 1 aliphatic rings. The number of halogens is 2. The molecule has 0 spiro atoms. The maximum absolute atomic E-state index is 12.9. The maximum atomic E-state index is 12.9. The average Bonchev–Trinajstić information content (AvgIpc) is 2.92. The number of nitrogens with one attached hydrogen (secondary N) is 1. The number of quaternary nitrogens is 1. The molecular formula is C20H22Br2N2O3S. The zero-order chi connectivity index (χ0) is 20.6. The lowest BCUT2D eigenvalue weighted by Gasteiger charge is -2.22. The summed E-state index contributed by atoms with van der Waals surface area (Å²) < 4.78 is 6.89. The summed E-state index contributed by atoms with van der Waals surface area (Å²) >= 11 is 8.17. The lowest BCUT2D eigenvalue weighted by Crippen LogP contribution is -3.08. The summed E-state index contributed by atoms with van der Waals surface area (Å²) in [6, 6.07) is 3.42. The van der Waals surface area contributed by atoms with Gasteiger partial charge in [0.25, 0.3) is 0 Å². The van der Waals surface area contributed by atoms with E-state index in [2.05, 4.69) is 43.9 Å². The molecule has 1 atom stereocenters. The minimum atomic E-state index is -0.582. The van der Waals surface area contributed by atoms with E-state index in [1.165, 1.54) is 22.5 Å². The van der Waals surface area contributed by atoms with Crippen molar-refractivity contribution in [2.45, 2.75) is 39.3 Å². The molecule has 0 aliphatic carbocycles. The Labute approximate surface area is 185 Å². The van der Waals surface area contributed by atoms with Gasteiger partial charge in [-0.25, -0.2) is 9.79 Å². The monoisotopic (exact) mass is 528 g/mol. The smallest absolute Gasteiger partial charge is 0.342 e. The summed E-state index contributed by atoms with van der Waals surface area (Å²) in [5.41, 5.74) is 1.45. The Morgan fingerprint density at radius 2 is 2.07 bits per heavy atom. The van der Waals surface area contributed by atoms with E-state index in [9.17, 15) is 9.90 Å². The van der Waals surface area contributed by atoms with Gasteiger partial charge >= 0.3 is 5.97 Å². The van der Waals surface area contributed by atoms with Crippen molar-refractivity contribution < 1.29 is 19.5 Å². The lowest BCUT2D eigenvalue weighted by atomic mass is 10.0. The van der Waals surface area contributed by atoms with Crippen LogP contribution in [0.5, 0.6) is 5.75 Å². The first-order valence-corrected chi connectivity index (χ1v) is 11.3. The molecule has 150 valence electrons. The minimum absolute atomic E-state index is 0.142. The molecule has 1 unspecified atom stereocenters. The van der Waals surface area contributed by atoms with Crippen LogP contribution < -0.4 is 10.0 Å². The van der Waals surface area contributed by atoms with E-state index in [4.69, 9.17) is 4.74 Å². The van der Waals surface area contributed by atoms with Gasteiger partial charge in [0.1, 0.15) is 22.7 Å². The summed E-state index contributed by atoms with van der Waals surface area (Å²) in [5, 5.41) is 12.9. The summed E-state index contributed by atoms with van der Waals surface area (Å²) in [6.45, 7) is 7.39. The molecule has 0 fully saturated rings. The van der Waals surface area contributed by atoms with E-state index in [1.54, 1.807) is 12.1 Å². The zero-order valence-electron chi connectivity index (χ0n) is 16.2. The van der Waals surface area contributed by atoms with Crippen LogP contribution in [0.4, 0.5) is 5.00 Å². The van der Waals surface area contributed by atoms with Crippen LogP contribution in [0.1, 0.15) is 47.1 Å². The molecule has 1 N–H and O–H groups in total. The number of thiophene rings is 1. The fourth-order valence-corrected chi connectivity index (χ4v) is 5.59. The minimum Gasteiger partial charge on any atom is -0.871 e. The van der Waals surface area contributed by atoms with Crippen LogP contribution in [0.3, 0.4) is 0 Å². The number of ether oxygens (including phenoxy) is 1. The lowest BCUT2D eigenvalue weighted by molar-refractivity contribution is -0.895. The second kappa shape index (κ2) is 8.26. The number of carbonyl (C=O) groups excluding carboxylic acids is 1. The van der Waals surface area contributed by atoms with Crippen LogP contribution in [0.15, 0.2) is 26.1 Å². The van der Waals surface area contributed by atoms with Gasteiger partial charge in [-0.15, -0.1) is 11.3 Å². The highest BCUT2D eigenvalue weighted by Crippen LogP contribution is 2.38. The molecular weight excluding hydrogens is 508 g/mol. The van der Waals surface area contributed by atoms with Crippen molar-refractivity contribution in [1.29, 1.82) is 0 Å². The Bertz CT molecular complexity index is 948. The van der Waals surface area contributed by atoms with E-state index >= 15 is 0 Å². The third kappa shape index (κ3) is 4.84. The number of benzene rings is 1. The average molecular weight is 530 g/mol. The first kappa shape index (κ1) is 21.5. The molecule has 0 bridgehead atoms. The second-order valence-corrected chi connectivity index (χ2v) is 10.7. The van der Waals surface area contributed by atoms with Crippen LogP contribution in [0.25, 0.3) is 0 Å². The standard InChI is InChI=1S/C20H22Br2N2O3S/c1-20(2,3)27-19(26)16-13-5-6-24(4)10-15(13)28-18(16)23-9-11-7-12(21)8-14(22)17(11)25/h7-9,25H,5-6,10H2,1-4H3/b23-9-. The van der Waals surface area contributed by atoms with E-state index in [0.717, 1.165) is 34.4 Å². The molecule has 3 rings (SSSR count). The van der Waals surface area contributed by atoms with Gasteiger partial charge in [-0.3, -0.25) is 0 Å². The van der Waals surface area contributed by atoms with Crippen LogP contribution in [0, 0.1) is 0 Å². The number of esters is 1. The van der Waals surface area contributed by atoms with Gasteiger partial charge in [0.15, 0.2) is 0 Å². The highest BCUT2D eigenvalue weighted by atomic mass is 79.9. The molecule has 5 nitrogen and oxygen atoms in total. The molecule has 1 aromatic heterocycles. The van der Waals surface area contributed by atoms with Crippen LogP contribution in [0.2, 0.25) is 0 Å². The number of likely N-dealkylation sites (N-methyl/N-ethyl adjacent to an activating group) is 1. The summed E-state index contributed by atoms with van der Waals surface area (Å²) in [4.78, 5) is 20.0. The quantitative estimate of drug-likeness (QED) is 0.487. The topological polar surface area (TPSA) is 66.2 Å². The van der Waals surface area contributed by atoms with E-state index < -0.39 is 5.60 Å². The highest BCUT2D eigenvalue weighted by molar-refractivity contribution is 9.11. The molecule has 2 heterocycles. The Kier molecular flexibility index (Phi) is 6.34. The van der Waals surface area contributed by atoms with Crippen molar-refractivity contribution >= 4 is 60.4 Å². The number of aliphatic imine (C=N–C) groups is 1. The normalized spacial score (nSPS) is 17.0. The molecule has 1 aromatic carbocycles. The van der Waals surface area contributed by atoms with Crippen molar-refractivity contribution in [3.05, 3.63) is 42.6 Å². The van der Waals surface area contributed by atoms with Crippen molar-refractivity contribution in [3.63, 3.8) is 0 Å². The van der Waals surface area contributed by atoms with E-state index in [1.807, 2.05) is 20.8 Å². The molecule has 0 amide bonds. The van der Waals surface area contributed by atoms with E-state index in [-0.39, 0.29) is 11.7 Å². The first-order valence-electron chi connectivity index (χ1n) is 8.94. The SMILES string of the molecule is C[NH+]1CCc2c(sc(/N=C\c3cc(Br)cc(Br)c3[O-])c2C(=O)OC(C)(C)C)C1. The largest absolute Gasteiger partial charge is 0.871 e. The predicted molar refractivity (Wildman–Crippen MR) is 117 cm³/mol. The molecule has 0 saturated carbocycles. The van der Waals surface area contributed by atoms with Gasteiger partial charge in [0, 0.05) is 21.6 Å². The van der Waals surface area contributed by atoms with Crippen LogP contribution >= 0.6 is 43.2 Å². The first-order chi connectivity index (χ1) is 13.0. The molecule has 8 heteroatoms. The van der Waals surface area contributed by atoms with Gasteiger partial charge in [-0.2, -0.15) is 0 Å². The summed E-state index contributed by atoms with van der Waals surface area (Å²) in [5.74, 6) is -0.495. The Morgan fingerprint density at radius 3 is 2.75 bits per heavy atom.